The monoisotopic (exact) mass is 436 g/mol. The quantitative estimate of drug-likeness (QED) is 0.346. The molecule has 1 saturated heterocycles. The molecule has 0 saturated carbocycles. The third kappa shape index (κ3) is 3.56. The smallest absolute Gasteiger partial charge is 0.302 e. The first kappa shape index (κ1) is 19.8. The van der Waals surface area contributed by atoms with Gasteiger partial charge in [0.2, 0.25) is 0 Å². The first-order valence-electron chi connectivity index (χ1n) is 8.80. The summed E-state index contributed by atoms with van der Waals surface area (Å²) in [4.78, 5) is 41.0. The van der Waals surface area contributed by atoms with Crippen molar-refractivity contribution in [1.82, 2.24) is 9.80 Å². The van der Waals surface area contributed by atoms with Crippen LogP contribution in [0, 0.1) is 0 Å². The summed E-state index contributed by atoms with van der Waals surface area (Å²) in [5.74, 6) is -2.06. The SMILES string of the molecule is O=C1C(=Cc2ccc(Cl)cc2)N(C(=O)c2ccccc2)C(=S)N1C(=O)c1ccco1. The van der Waals surface area contributed by atoms with E-state index in [0.717, 1.165) is 9.80 Å². The van der Waals surface area contributed by atoms with E-state index in [4.69, 9.17) is 28.2 Å². The minimum absolute atomic E-state index is 0.0453. The van der Waals surface area contributed by atoms with Gasteiger partial charge in [0.1, 0.15) is 5.70 Å². The van der Waals surface area contributed by atoms with E-state index in [2.05, 4.69) is 0 Å². The lowest BCUT2D eigenvalue weighted by Crippen LogP contribution is -2.39. The van der Waals surface area contributed by atoms with Gasteiger partial charge in [-0.25, -0.2) is 9.80 Å². The predicted molar refractivity (Wildman–Crippen MR) is 115 cm³/mol. The maximum absolute atomic E-state index is 13.2. The van der Waals surface area contributed by atoms with Crippen LogP contribution in [0.3, 0.4) is 0 Å². The Balaban J connectivity index is 1.80. The van der Waals surface area contributed by atoms with Crippen LogP contribution in [0.4, 0.5) is 0 Å². The molecule has 0 N–H and O–H groups in total. The fraction of sp³-hybridized carbons (Fsp3) is 0. The number of benzene rings is 2. The van der Waals surface area contributed by atoms with Gasteiger partial charge in [-0.15, -0.1) is 0 Å². The number of hydrogen-bond donors (Lipinski definition) is 0. The molecule has 0 atom stereocenters. The van der Waals surface area contributed by atoms with Crippen LogP contribution >= 0.6 is 23.8 Å². The highest BCUT2D eigenvalue weighted by Crippen LogP contribution is 2.28. The summed E-state index contributed by atoms with van der Waals surface area (Å²) in [5, 5.41) is 0.285. The van der Waals surface area contributed by atoms with Gasteiger partial charge in [0.15, 0.2) is 10.9 Å². The zero-order valence-corrected chi connectivity index (χ0v) is 16.9. The molecule has 3 amide bonds. The molecule has 0 unspecified atom stereocenters. The number of rotatable bonds is 3. The van der Waals surface area contributed by atoms with E-state index in [1.165, 1.54) is 24.5 Å². The molecule has 0 spiro atoms. The molecule has 1 aliphatic heterocycles. The molecule has 0 bridgehead atoms. The summed E-state index contributed by atoms with van der Waals surface area (Å²) in [6.45, 7) is 0. The Morgan fingerprint density at radius 3 is 2.23 bits per heavy atom. The van der Waals surface area contributed by atoms with E-state index < -0.39 is 17.7 Å². The molecular weight excluding hydrogens is 424 g/mol. The standard InChI is InChI=1S/C22H13ClN2O4S/c23-16-10-8-14(9-11-16)13-17-20(27)25(21(28)18-7-4-12-29-18)22(30)24(17)19(26)15-5-2-1-3-6-15/h1-13H. The van der Waals surface area contributed by atoms with Gasteiger partial charge in [0, 0.05) is 10.6 Å². The molecule has 4 rings (SSSR count). The first-order chi connectivity index (χ1) is 14.5. The average molecular weight is 437 g/mol. The molecule has 0 aliphatic carbocycles. The highest BCUT2D eigenvalue weighted by atomic mass is 35.5. The lowest BCUT2D eigenvalue weighted by Gasteiger charge is -2.17. The van der Waals surface area contributed by atoms with Crippen molar-refractivity contribution in [3.8, 4) is 0 Å². The van der Waals surface area contributed by atoms with Gasteiger partial charge in [-0.2, -0.15) is 0 Å². The van der Waals surface area contributed by atoms with E-state index in [1.54, 1.807) is 54.6 Å². The number of hydrogen-bond acceptors (Lipinski definition) is 5. The van der Waals surface area contributed by atoms with Crippen LogP contribution in [0.25, 0.3) is 6.08 Å². The van der Waals surface area contributed by atoms with Gasteiger partial charge < -0.3 is 4.42 Å². The van der Waals surface area contributed by atoms with Crippen molar-refractivity contribution in [3.05, 3.63) is 101 Å². The maximum Gasteiger partial charge on any atom is 0.302 e. The lowest BCUT2D eigenvalue weighted by molar-refractivity contribution is -0.121. The van der Waals surface area contributed by atoms with Gasteiger partial charge in [-0.3, -0.25) is 14.4 Å². The van der Waals surface area contributed by atoms with Gasteiger partial charge >= 0.3 is 5.91 Å². The van der Waals surface area contributed by atoms with Crippen LogP contribution in [-0.4, -0.2) is 32.6 Å². The lowest BCUT2D eigenvalue weighted by atomic mass is 10.1. The molecule has 0 radical (unpaired) electrons. The number of imide groups is 1. The Labute approximate surface area is 182 Å². The Hall–Kier alpha value is -3.55. The molecule has 8 heteroatoms. The number of thiocarbonyl (C=S) groups is 1. The number of amides is 3. The van der Waals surface area contributed by atoms with Gasteiger partial charge in [-0.1, -0.05) is 41.9 Å². The fourth-order valence-corrected chi connectivity index (χ4v) is 3.41. The van der Waals surface area contributed by atoms with E-state index in [-0.39, 0.29) is 16.6 Å². The Kier molecular flexibility index (Phi) is 5.31. The second-order valence-electron chi connectivity index (χ2n) is 6.29. The van der Waals surface area contributed by atoms with Crippen molar-refractivity contribution in [2.45, 2.75) is 0 Å². The highest BCUT2D eigenvalue weighted by Gasteiger charge is 2.46. The van der Waals surface area contributed by atoms with Gasteiger partial charge in [0.25, 0.3) is 11.8 Å². The van der Waals surface area contributed by atoms with Gasteiger partial charge in [-0.05, 0) is 60.3 Å². The molecule has 30 heavy (non-hydrogen) atoms. The maximum atomic E-state index is 13.2. The van der Waals surface area contributed by atoms with E-state index in [0.29, 0.717) is 16.1 Å². The number of halogens is 1. The summed E-state index contributed by atoms with van der Waals surface area (Å²) in [7, 11) is 0. The van der Waals surface area contributed by atoms with Crippen LogP contribution in [0.15, 0.2) is 83.1 Å². The molecule has 148 valence electrons. The van der Waals surface area contributed by atoms with E-state index in [1.807, 2.05) is 0 Å². The molecule has 1 fully saturated rings. The van der Waals surface area contributed by atoms with Crippen LogP contribution in [0.2, 0.25) is 5.02 Å². The summed E-state index contributed by atoms with van der Waals surface area (Å²) in [5.41, 5.74) is 0.891. The summed E-state index contributed by atoms with van der Waals surface area (Å²) >= 11 is 11.3. The number of carbonyl (C=O) groups is 3. The molecule has 1 aromatic heterocycles. The largest absolute Gasteiger partial charge is 0.459 e. The predicted octanol–water partition coefficient (Wildman–Crippen LogP) is 4.38. The number of furan rings is 1. The Morgan fingerprint density at radius 2 is 1.60 bits per heavy atom. The summed E-state index contributed by atoms with van der Waals surface area (Å²) < 4.78 is 5.11. The molecule has 2 heterocycles. The second kappa shape index (κ2) is 8.06. The van der Waals surface area contributed by atoms with Crippen molar-refractivity contribution in [2.24, 2.45) is 0 Å². The topological polar surface area (TPSA) is 70.8 Å². The molecule has 6 nitrogen and oxygen atoms in total. The zero-order valence-electron chi connectivity index (χ0n) is 15.3. The second-order valence-corrected chi connectivity index (χ2v) is 7.09. The Morgan fingerprint density at radius 1 is 0.900 bits per heavy atom. The van der Waals surface area contributed by atoms with Crippen LogP contribution in [0.5, 0.6) is 0 Å². The number of carbonyl (C=O) groups excluding carboxylic acids is 3. The normalized spacial score (nSPS) is 15.2. The third-order valence-corrected chi connectivity index (χ3v) is 5.00. The minimum Gasteiger partial charge on any atom is -0.459 e. The Bertz CT molecular complexity index is 1170. The zero-order chi connectivity index (χ0) is 21.3. The molecule has 1 aliphatic rings. The molecule has 3 aromatic rings. The van der Waals surface area contributed by atoms with Crippen LogP contribution in [0.1, 0.15) is 26.5 Å². The van der Waals surface area contributed by atoms with E-state index >= 15 is 0 Å². The van der Waals surface area contributed by atoms with Gasteiger partial charge in [0.05, 0.1) is 6.26 Å². The first-order valence-corrected chi connectivity index (χ1v) is 9.59. The summed E-state index contributed by atoms with van der Waals surface area (Å²) in [6, 6.07) is 18.0. The van der Waals surface area contributed by atoms with Crippen molar-refractivity contribution in [2.75, 3.05) is 0 Å². The number of nitrogens with zero attached hydrogens (tertiary/aromatic N) is 2. The molecular formula is C22H13ClN2O4S. The van der Waals surface area contributed by atoms with Crippen molar-refractivity contribution in [1.29, 1.82) is 0 Å². The van der Waals surface area contributed by atoms with Crippen molar-refractivity contribution < 1.29 is 18.8 Å². The van der Waals surface area contributed by atoms with Crippen molar-refractivity contribution >= 4 is 52.7 Å². The minimum atomic E-state index is -0.750. The van der Waals surface area contributed by atoms with Crippen LogP contribution < -0.4 is 0 Å². The molecule has 2 aromatic carbocycles. The van der Waals surface area contributed by atoms with Crippen LogP contribution in [-0.2, 0) is 4.79 Å². The highest BCUT2D eigenvalue weighted by molar-refractivity contribution is 7.80. The summed E-state index contributed by atoms with van der Waals surface area (Å²) in [6.07, 6.45) is 2.80. The fourth-order valence-electron chi connectivity index (χ4n) is 2.94. The van der Waals surface area contributed by atoms with E-state index in [9.17, 15) is 14.4 Å². The van der Waals surface area contributed by atoms with Crippen molar-refractivity contribution in [3.63, 3.8) is 0 Å². The third-order valence-electron chi connectivity index (χ3n) is 4.38. The average Bonchev–Trinajstić information content (AvgIpc) is 3.37.